The summed E-state index contributed by atoms with van der Waals surface area (Å²) < 4.78 is 0. The van der Waals surface area contributed by atoms with E-state index in [1.807, 2.05) is 0 Å². The minimum absolute atomic E-state index is 0.193. The van der Waals surface area contributed by atoms with Crippen LogP contribution in [-0.4, -0.2) is 19.0 Å². The van der Waals surface area contributed by atoms with Crippen LogP contribution in [0.1, 0.15) is 45.4 Å². The SMILES string of the molecule is CC1CCC(CNC(=O)C2CCCC2CN)C1. The highest BCUT2D eigenvalue weighted by Crippen LogP contribution is 2.32. The molecule has 0 aromatic rings. The number of nitrogens with two attached hydrogens (primary N) is 1. The lowest BCUT2D eigenvalue weighted by Gasteiger charge is -2.19. The maximum absolute atomic E-state index is 12.1. The predicted molar refractivity (Wildman–Crippen MR) is 69.4 cm³/mol. The number of amides is 1. The van der Waals surface area contributed by atoms with Gasteiger partial charge < -0.3 is 11.1 Å². The number of hydrogen-bond acceptors (Lipinski definition) is 2. The summed E-state index contributed by atoms with van der Waals surface area (Å²) in [5.41, 5.74) is 5.72. The molecule has 4 atom stereocenters. The maximum atomic E-state index is 12.1. The normalized spacial score (nSPS) is 37.3. The molecule has 0 spiro atoms. The van der Waals surface area contributed by atoms with Crippen molar-refractivity contribution < 1.29 is 4.79 Å². The Morgan fingerprint density at radius 2 is 2.12 bits per heavy atom. The summed E-state index contributed by atoms with van der Waals surface area (Å²) in [6.45, 7) is 3.86. The molecule has 2 aliphatic carbocycles. The van der Waals surface area contributed by atoms with Crippen molar-refractivity contribution in [3.63, 3.8) is 0 Å². The van der Waals surface area contributed by atoms with Crippen LogP contribution in [0.3, 0.4) is 0 Å². The lowest BCUT2D eigenvalue weighted by atomic mass is 9.95. The Kier molecular flexibility index (Phi) is 4.43. The molecule has 0 radical (unpaired) electrons. The summed E-state index contributed by atoms with van der Waals surface area (Å²) in [6.07, 6.45) is 7.23. The van der Waals surface area contributed by atoms with E-state index < -0.39 is 0 Å². The van der Waals surface area contributed by atoms with Gasteiger partial charge in [0.15, 0.2) is 0 Å². The first-order valence-corrected chi connectivity index (χ1v) is 7.18. The molecule has 2 saturated carbocycles. The molecular formula is C14H26N2O. The molecule has 0 aromatic carbocycles. The largest absolute Gasteiger partial charge is 0.356 e. The van der Waals surface area contributed by atoms with Crippen molar-refractivity contribution in [2.24, 2.45) is 29.4 Å². The van der Waals surface area contributed by atoms with Gasteiger partial charge in [-0.25, -0.2) is 0 Å². The van der Waals surface area contributed by atoms with Gasteiger partial charge >= 0.3 is 0 Å². The zero-order valence-electron chi connectivity index (χ0n) is 11.0. The van der Waals surface area contributed by atoms with E-state index in [2.05, 4.69) is 12.2 Å². The van der Waals surface area contributed by atoms with Crippen LogP contribution in [0.25, 0.3) is 0 Å². The Hall–Kier alpha value is -0.570. The monoisotopic (exact) mass is 238 g/mol. The van der Waals surface area contributed by atoms with Gasteiger partial charge in [0.25, 0.3) is 0 Å². The molecule has 0 heterocycles. The van der Waals surface area contributed by atoms with Gasteiger partial charge in [-0.05, 0) is 50.0 Å². The van der Waals surface area contributed by atoms with Crippen LogP contribution in [0.2, 0.25) is 0 Å². The second-order valence-corrected chi connectivity index (χ2v) is 6.06. The molecule has 0 aromatic heterocycles. The average molecular weight is 238 g/mol. The second-order valence-electron chi connectivity index (χ2n) is 6.06. The fraction of sp³-hybridized carbons (Fsp3) is 0.929. The average Bonchev–Trinajstić information content (AvgIpc) is 2.94. The number of carbonyl (C=O) groups excluding carboxylic acids is 1. The minimum atomic E-state index is 0.193. The first-order valence-electron chi connectivity index (χ1n) is 7.18. The molecule has 4 unspecified atom stereocenters. The van der Waals surface area contributed by atoms with E-state index in [4.69, 9.17) is 5.73 Å². The van der Waals surface area contributed by atoms with Gasteiger partial charge in [0, 0.05) is 12.5 Å². The molecule has 17 heavy (non-hydrogen) atoms. The van der Waals surface area contributed by atoms with Crippen LogP contribution < -0.4 is 11.1 Å². The third-order valence-electron chi connectivity index (χ3n) is 4.67. The van der Waals surface area contributed by atoms with Crippen molar-refractivity contribution in [3.8, 4) is 0 Å². The van der Waals surface area contributed by atoms with Gasteiger partial charge in [-0.2, -0.15) is 0 Å². The highest BCUT2D eigenvalue weighted by molar-refractivity contribution is 5.79. The Morgan fingerprint density at radius 3 is 2.76 bits per heavy atom. The van der Waals surface area contributed by atoms with Crippen LogP contribution >= 0.6 is 0 Å². The second kappa shape index (κ2) is 5.85. The van der Waals surface area contributed by atoms with Crippen LogP contribution in [-0.2, 0) is 4.79 Å². The molecule has 98 valence electrons. The van der Waals surface area contributed by atoms with E-state index in [0.29, 0.717) is 18.4 Å². The van der Waals surface area contributed by atoms with Crippen LogP contribution in [0, 0.1) is 23.7 Å². The van der Waals surface area contributed by atoms with Gasteiger partial charge in [0.1, 0.15) is 0 Å². The van der Waals surface area contributed by atoms with Gasteiger partial charge in [-0.3, -0.25) is 4.79 Å². The molecule has 1 amide bonds. The first-order chi connectivity index (χ1) is 8.20. The molecule has 2 rings (SSSR count). The molecule has 0 bridgehead atoms. The van der Waals surface area contributed by atoms with Crippen molar-refractivity contribution in [3.05, 3.63) is 0 Å². The van der Waals surface area contributed by atoms with E-state index in [1.165, 1.54) is 25.7 Å². The summed E-state index contributed by atoms with van der Waals surface area (Å²) in [5.74, 6) is 2.45. The zero-order chi connectivity index (χ0) is 12.3. The maximum Gasteiger partial charge on any atom is 0.223 e. The quantitative estimate of drug-likeness (QED) is 0.786. The standard InChI is InChI=1S/C14H26N2O/c1-10-5-6-11(7-10)9-16-14(17)13-4-2-3-12(13)8-15/h10-13H,2-9,15H2,1H3,(H,16,17). The Morgan fingerprint density at radius 1 is 1.29 bits per heavy atom. The Balaban J connectivity index is 1.73. The molecule has 3 nitrogen and oxygen atoms in total. The number of carbonyl (C=O) groups is 1. The predicted octanol–water partition coefficient (Wildman–Crippen LogP) is 1.91. The minimum Gasteiger partial charge on any atom is -0.356 e. The lowest BCUT2D eigenvalue weighted by Crippen LogP contribution is -2.37. The highest BCUT2D eigenvalue weighted by Gasteiger charge is 2.32. The van der Waals surface area contributed by atoms with Gasteiger partial charge in [-0.1, -0.05) is 19.8 Å². The lowest BCUT2D eigenvalue weighted by molar-refractivity contribution is -0.126. The Bertz CT molecular complexity index is 267. The van der Waals surface area contributed by atoms with Crippen LogP contribution in [0.5, 0.6) is 0 Å². The topological polar surface area (TPSA) is 55.1 Å². The Labute approximate surface area is 105 Å². The summed E-state index contributed by atoms with van der Waals surface area (Å²) in [7, 11) is 0. The molecule has 3 N–H and O–H groups in total. The van der Waals surface area contributed by atoms with E-state index in [9.17, 15) is 4.79 Å². The third kappa shape index (κ3) is 3.21. The van der Waals surface area contributed by atoms with Crippen LogP contribution in [0.15, 0.2) is 0 Å². The van der Waals surface area contributed by atoms with E-state index in [0.717, 1.165) is 25.3 Å². The number of nitrogens with one attached hydrogen (secondary N) is 1. The fourth-order valence-electron chi connectivity index (χ4n) is 3.55. The van der Waals surface area contributed by atoms with Gasteiger partial charge in [0.05, 0.1) is 0 Å². The summed E-state index contributed by atoms with van der Waals surface area (Å²) in [5, 5.41) is 3.16. The van der Waals surface area contributed by atoms with Crippen molar-refractivity contribution in [2.75, 3.05) is 13.1 Å². The number of rotatable bonds is 4. The van der Waals surface area contributed by atoms with Crippen molar-refractivity contribution in [1.82, 2.24) is 5.32 Å². The van der Waals surface area contributed by atoms with Crippen molar-refractivity contribution in [1.29, 1.82) is 0 Å². The summed E-state index contributed by atoms with van der Waals surface area (Å²) >= 11 is 0. The fourth-order valence-corrected chi connectivity index (χ4v) is 3.55. The van der Waals surface area contributed by atoms with E-state index in [1.54, 1.807) is 0 Å². The smallest absolute Gasteiger partial charge is 0.223 e. The number of hydrogen-bond donors (Lipinski definition) is 2. The molecule has 0 saturated heterocycles. The summed E-state index contributed by atoms with van der Waals surface area (Å²) in [6, 6.07) is 0. The van der Waals surface area contributed by atoms with Gasteiger partial charge in [-0.15, -0.1) is 0 Å². The molecule has 2 aliphatic rings. The molecule has 0 aliphatic heterocycles. The zero-order valence-corrected chi connectivity index (χ0v) is 11.0. The summed E-state index contributed by atoms with van der Waals surface area (Å²) in [4.78, 5) is 12.1. The first kappa shape index (κ1) is 12.9. The van der Waals surface area contributed by atoms with E-state index >= 15 is 0 Å². The van der Waals surface area contributed by atoms with Gasteiger partial charge in [0.2, 0.25) is 5.91 Å². The van der Waals surface area contributed by atoms with Crippen molar-refractivity contribution >= 4 is 5.91 Å². The molecule has 2 fully saturated rings. The third-order valence-corrected chi connectivity index (χ3v) is 4.67. The van der Waals surface area contributed by atoms with Crippen molar-refractivity contribution in [2.45, 2.75) is 45.4 Å². The van der Waals surface area contributed by atoms with E-state index in [-0.39, 0.29) is 11.8 Å². The molecular weight excluding hydrogens is 212 g/mol. The highest BCUT2D eigenvalue weighted by atomic mass is 16.1. The van der Waals surface area contributed by atoms with Crippen LogP contribution in [0.4, 0.5) is 0 Å². The molecule has 3 heteroatoms.